The van der Waals surface area contributed by atoms with Crippen LogP contribution in [0.3, 0.4) is 0 Å². The maximum atomic E-state index is 13.4. The first-order chi connectivity index (χ1) is 16.6. The molecule has 2 aromatic rings. The number of thioether (sulfide) groups is 1. The van der Waals surface area contributed by atoms with E-state index in [1.807, 2.05) is 6.92 Å². The third-order valence-electron chi connectivity index (χ3n) is 5.51. The average Bonchev–Trinajstić information content (AvgIpc) is 3.24. The van der Waals surface area contributed by atoms with Crippen molar-refractivity contribution in [3.63, 3.8) is 0 Å². The summed E-state index contributed by atoms with van der Waals surface area (Å²) in [4.78, 5) is 42.1. The van der Waals surface area contributed by atoms with E-state index in [0.29, 0.717) is 22.1 Å². The SMILES string of the molecule is CCCCN1C(=O)C(=C2C(=O)N(CC(=O)Nc3cccc(C(F)(F)F)c3)c3ccccc32)SC1=S. The molecule has 0 bridgehead atoms. The zero-order valence-electron chi connectivity index (χ0n) is 18.5. The normalized spacial score (nSPS) is 17.9. The van der Waals surface area contributed by atoms with Crippen LogP contribution in [0.2, 0.25) is 0 Å². The third kappa shape index (κ3) is 4.96. The topological polar surface area (TPSA) is 69.7 Å². The molecule has 35 heavy (non-hydrogen) atoms. The summed E-state index contributed by atoms with van der Waals surface area (Å²) in [5, 5.41) is 2.41. The first-order valence-corrected chi connectivity index (χ1v) is 12.0. The van der Waals surface area contributed by atoms with E-state index in [2.05, 4.69) is 5.32 Å². The van der Waals surface area contributed by atoms with E-state index in [0.717, 1.165) is 36.7 Å². The number of alkyl halides is 3. The van der Waals surface area contributed by atoms with Crippen LogP contribution >= 0.6 is 24.0 Å². The zero-order valence-corrected chi connectivity index (χ0v) is 20.1. The van der Waals surface area contributed by atoms with Gasteiger partial charge in [-0.1, -0.05) is 61.6 Å². The van der Waals surface area contributed by atoms with Crippen molar-refractivity contribution < 1.29 is 27.6 Å². The molecule has 3 amide bonds. The van der Waals surface area contributed by atoms with Crippen molar-refractivity contribution in [3.8, 4) is 0 Å². The number of para-hydroxylation sites is 1. The molecule has 1 saturated heterocycles. The molecule has 6 nitrogen and oxygen atoms in total. The maximum absolute atomic E-state index is 13.4. The lowest BCUT2D eigenvalue weighted by Gasteiger charge is -2.17. The van der Waals surface area contributed by atoms with E-state index in [1.165, 1.54) is 21.9 Å². The van der Waals surface area contributed by atoms with Crippen LogP contribution in [0.1, 0.15) is 30.9 Å². The summed E-state index contributed by atoms with van der Waals surface area (Å²) in [5.74, 6) is -1.56. The molecule has 2 heterocycles. The van der Waals surface area contributed by atoms with E-state index in [-0.39, 0.29) is 22.1 Å². The molecule has 182 valence electrons. The number of rotatable bonds is 6. The number of thiocarbonyl (C=S) groups is 1. The van der Waals surface area contributed by atoms with Crippen LogP contribution in [0.4, 0.5) is 24.5 Å². The summed E-state index contributed by atoms with van der Waals surface area (Å²) >= 11 is 6.41. The number of unbranched alkanes of at least 4 members (excludes halogenated alkanes) is 1. The van der Waals surface area contributed by atoms with Gasteiger partial charge in [-0.3, -0.25) is 24.2 Å². The number of hydrogen-bond donors (Lipinski definition) is 1. The number of hydrogen-bond acceptors (Lipinski definition) is 5. The van der Waals surface area contributed by atoms with Gasteiger partial charge in [0.05, 0.1) is 21.7 Å². The molecule has 4 rings (SSSR count). The van der Waals surface area contributed by atoms with E-state index in [4.69, 9.17) is 12.2 Å². The van der Waals surface area contributed by atoms with Gasteiger partial charge in [0.25, 0.3) is 11.8 Å². The number of carbonyl (C=O) groups excluding carboxylic acids is 3. The molecule has 2 aromatic carbocycles. The van der Waals surface area contributed by atoms with Gasteiger partial charge < -0.3 is 5.32 Å². The van der Waals surface area contributed by atoms with Crippen molar-refractivity contribution >= 4 is 63.0 Å². The van der Waals surface area contributed by atoms with Gasteiger partial charge in [-0.2, -0.15) is 13.2 Å². The van der Waals surface area contributed by atoms with Gasteiger partial charge in [0.2, 0.25) is 5.91 Å². The van der Waals surface area contributed by atoms with Crippen LogP contribution < -0.4 is 10.2 Å². The van der Waals surface area contributed by atoms with E-state index >= 15 is 0 Å². The Morgan fingerprint density at radius 2 is 1.80 bits per heavy atom. The highest BCUT2D eigenvalue weighted by molar-refractivity contribution is 8.26. The Morgan fingerprint density at radius 3 is 2.51 bits per heavy atom. The lowest BCUT2D eigenvalue weighted by Crippen LogP contribution is -2.35. The van der Waals surface area contributed by atoms with Gasteiger partial charge in [0.15, 0.2) is 0 Å². The predicted octanol–water partition coefficient (Wildman–Crippen LogP) is 5.06. The van der Waals surface area contributed by atoms with Crippen LogP contribution in [0.5, 0.6) is 0 Å². The zero-order chi connectivity index (χ0) is 25.3. The molecule has 0 saturated carbocycles. The van der Waals surface area contributed by atoms with Gasteiger partial charge in [-0.25, -0.2) is 0 Å². The van der Waals surface area contributed by atoms with E-state index in [1.54, 1.807) is 24.3 Å². The van der Waals surface area contributed by atoms with Gasteiger partial charge in [-0.05, 0) is 30.7 Å². The minimum absolute atomic E-state index is 0.0400. The first-order valence-electron chi connectivity index (χ1n) is 10.8. The van der Waals surface area contributed by atoms with Crippen LogP contribution in [0.25, 0.3) is 5.57 Å². The van der Waals surface area contributed by atoms with Crippen LogP contribution in [-0.2, 0) is 20.6 Å². The minimum Gasteiger partial charge on any atom is -0.325 e. The number of amides is 3. The summed E-state index contributed by atoms with van der Waals surface area (Å²) in [6.07, 6.45) is -2.91. The average molecular weight is 520 g/mol. The minimum atomic E-state index is -4.55. The Bertz CT molecular complexity index is 1260. The summed E-state index contributed by atoms with van der Waals surface area (Å²) in [6.45, 7) is 2.01. The van der Waals surface area contributed by atoms with E-state index < -0.39 is 30.1 Å². The predicted molar refractivity (Wildman–Crippen MR) is 133 cm³/mol. The number of anilines is 2. The lowest BCUT2D eigenvalue weighted by molar-refractivity contribution is -0.137. The van der Waals surface area contributed by atoms with Gasteiger partial charge in [0, 0.05) is 17.8 Å². The standard InChI is InChI=1S/C24H20F3N3O3S2/c1-2-3-11-29-22(33)20(35-23(29)34)19-16-9-4-5-10-17(16)30(21(19)32)13-18(31)28-15-8-6-7-14(12-15)24(25,26)27/h4-10,12H,2-3,11,13H2,1H3,(H,28,31). The second kappa shape index (κ2) is 9.82. The summed E-state index contributed by atoms with van der Waals surface area (Å²) in [6, 6.07) is 11.0. The van der Waals surface area contributed by atoms with Crippen molar-refractivity contribution in [2.24, 2.45) is 0 Å². The van der Waals surface area contributed by atoms with Gasteiger partial charge in [-0.15, -0.1) is 0 Å². The molecule has 0 aliphatic carbocycles. The molecular formula is C24H20F3N3O3S2. The fraction of sp³-hybridized carbons (Fsp3) is 0.250. The molecule has 0 unspecified atom stereocenters. The second-order valence-corrected chi connectivity index (χ2v) is 9.56. The fourth-order valence-electron chi connectivity index (χ4n) is 3.83. The Morgan fingerprint density at radius 1 is 1.06 bits per heavy atom. The Balaban J connectivity index is 1.60. The number of nitrogens with one attached hydrogen (secondary N) is 1. The number of halogens is 3. The molecule has 0 atom stereocenters. The molecule has 2 aliphatic rings. The largest absolute Gasteiger partial charge is 0.416 e. The monoisotopic (exact) mass is 519 g/mol. The number of carbonyl (C=O) groups is 3. The highest BCUT2D eigenvalue weighted by atomic mass is 32.2. The highest BCUT2D eigenvalue weighted by Gasteiger charge is 2.42. The molecule has 11 heteroatoms. The Labute approximate surface area is 209 Å². The third-order valence-corrected chi connectivity index (χ3v) is 6.96. The van der Waals surface area contributed by atoms with Crippen molar-refractivity contribution in [1.82, 2.24) is 4.90 Å². The quantitative estimate of drug-likeness (QED) is 0.427. The fourth-order valence-corrected chi connectivity index (χ4v) is 5.21. The van der Waals surface area contributed by atoms with Crippen molar-refractivity contribution in [2.75, 3.05) is 23.3 Å². The molecule has 1 N–H and O–H groups in total. The highest BCUT2D eigenvalue weighted by Crippen LogP contribution is 2.44. The van der Waals surface area contributed by atoms with Crippen LogP contribution in [-0.4, -0.2) is 40.0 Å². The summed E-state index contributed by atoms with van der Waals surface area (Å²) < 4.78 is 39.3. The molecule has 2 aliphatic heterocycles. The van der Waals surface area contributed by atoms with Crippen molar-refractivity contribution in [3.05, 3.63) is 64.6 Å². The van der Waals surface area contributed by atoms with E-state index in [9.17, 15) is 27.6 Å². The molecule has 1 fully saturated rings. The Kier molecular flexibility index (Phi) is 7.00. The lowest BCUT2D eigenvalue weighted by atomic mass is 10.1. The first kappa shape index (κ1) is 24.9. The number of nitrogens with zero attached hydrogens (tertiary/aromatic N) is 2. The smallest absolute Gasteiger partial charge is 0.325 e. The molecule has 0 spiro atoms. The summed E-state index contributed by atoms with van der Waals surface area (Å²) in [5.41, 5.74) is 0.168. The molecular weight excluding hydrogens is 499 g/mol. The van der Waals surface area contributed by atoms with Crippen molar-refractivity contribution in [1.29, 1.82) is 0 Å². The van der Waals surface area contributed by atoms with Gasteiger partial charge >= 0.3 is 6.18 Å². The maximum Gasteiger partial charge on any atom is 0.416 e. The Hall–Kier alpha value is -3.18. The number of benzene rings is 2. The van der Waals surface area contributed by atoms with Crippen molar-refractivity contribution in [2.45, 2.75) is 25.9 Å². The molecule has 0 aromatic heterocycles. The molecule has 0 radical (unpaired) electrons. The van der Waals surface area contributed by atoms with Crippen LogP contribution in [0, 0.1) is 0 Å². The van der Waals surface area contributed by atoms with Crippen LogP contribution in [0.15, 0.2) is 53.4 Å². The summed E-state index contributed by atoms with van der Waals surface area (Å²) in [7, 11) is 0. The number of fused-ring (bicyclic) bond motifs is 1. The van der Waals surface area contributed by atoms with Gasteiger partial charge in [0.1, 0.15) is 10.9 Å². The second-order valence-electron chi connectivity index (χ2n) is 7.92.